The van der Waals surface area contributed by atoms with E-state index in [2.05, 4.69) is 10.3 Å². The van der Waals surface area contributed by atoms with Crippen LogP contribution in [0.4, 0.5) is 16.2 Å². The maximum atomic E-state index is 12.0. The Balaban J connectivity index is 1.93. The number of carbonyl (C=O) groups is 1. The highest BCUT2D eigenvalue weighted by molar-refractivity contribution is 6.04. The Bertz CT molecular complexity index is 945. The fourth-order valence-electron chi connectivity index (χ4n) is 2.97. The summed E-state index contributed by atoms with van der Waals surface area (Å²) in [5.74, 6) is 0. The fourth-order valence-corrected chi connectivity index (χ4v) is 2.97. The molecule has 7 heteroatoms. The van der Waals surface area contributed by atoms with Crippen LogP contribution >= 0.6 is 0 Å². The number of nitrogens with one attached hydrogen (secondary N) is 1. The second-order valence-electron chi connectivity index (χ2n) is 7.13. The van der Waals surface area contributed by atoms with Gasteiger partial charge < -0.3 is 14.5 Å². The lowest BCUT2D eigenvalue weighted by Crippen LogP contribution is -2.27. The van der Waals surface area contributed by atoms with Crippen LogP contribution < -0.4 is 5.32 Å². The Morgan fingerprint density at radius 3 is 2.41 bits per heavy atom. The first-order valence-corrected chi connectivity index (χ1v) is 8.51. The fraction of sp³-hybridized carbons (Fsp3) is 0.200. The summed E-state index contributed by atoms with van der Waals surface area (Å²) in [5.41, 5.74) is 5.06. The topological polar surface area (TPSA) is 80.2 Å². The maximum absolute atomic E-state index is 12.0. The van der Waals surface area contributed by atoms with Crippen LogP contribution in [0.3, 0.4) is 0 Å². The highest BCUT2D eigenvalue weighted by atomic mass is 16.6. The molecule has 0 unspecified atom stereocenters. The van der Waals surface area contributed by atoms with Crippen LogP contribution in [-0.2, 0) is 9.39 Å². The van der Waals surface area contributed by atoms with Gasteiger partial charge in [0.1, 0.15) is 5.60 Å². The van der Waals surface area contributed by atoms with Gasteiger partial charge in [-0.05, 0) is 67.3 Å². The van der Waals surface area contributed by atoms with E-state index in [1.807, 2.05) is 57.2 Å². The zero-order chi connectivity index (χ0) is 19.6. The molecule has 2 aromatic carbocycles. The molecule has 0 bridgehead atoms. The molecule has 27 heavy (non-hydrogen) atoms. The lowest BCUT2D eigenvalue weighted by molar-refractivity contribution is 0.0636. The molecule has 2 N–H and O–H groups in total. The van der Waals surface area contributed by atoms with E-state index >= 15 is 0 Å². The van der Waals surface area contributed by atoms with Crippen molar-refractivity contribution in [2.24, 2.45) is 4.99 Å². The second kappa shape index (κ2) is 7.19. The molecular formula is C20H21BN2O4. The lowest BCUT2D eigenvalue weighted by Gasteiger charge is -2.19. The van der Waals surface area contributed by atoms with Crippen LogP contribution in [-0.4, -0.2) is 31.3 Å². The number of fused-ring (bicyclic) bond motifs is 3. The Hall–Kier alpha value is -3.22. The van der Waals surface area contributed by atoms with Gasteiger partial charge in [-0.25, -0.2) is 9.79 Å². The number of aliphatic hydroxyl groups is 1. The summed E-state index contributed by atoms with van der Waals surface area (Å²) in [5, 5.41) is 12.5. The maximum Gasteiger partial charge on any atom is 0.412 e. The first-order chi connectivity index (χ1) is 12.8. The molecule has 3 rings (SSSR count). The summed E-state index contributed by atoms with van der Waals surface area (Å²) in [6.45, 7) is 5.42. The average Bonchev–Trinajstić information content (AvgIpc) is 2.90. The SMILES string of the molecule is BOC=Nc1ccc2c(c1)/C(=C\O)c1cc(NC(=O)OC(C)(C)C)ccc1-2. The highest BCUT2D eigenvalue weighted by Gasteiger charge is 2.25. The highest BCUT2D eigenvalue weighted by Crippen LogP contribution is 2.46. The molecule has 0 heterocycles. The van der Waals surface area contributed by atoms with Gasteiger partial charge >= 0.3 is 14.1 Å². The summed E-state index contributed by atoms with van der Waals surface area (Å²) >= 11 is 0. The van der Waals surface area contributed by atoms with E-state index in [1.165, 1.54) is 14.4 Å². The van der Waals surface area contributed by atoms with Crippen molar-refractivity contribution >= 4 is 37.5 Å². The molecule has 0 aliphatic heterocycles. The lowest BCUT2D eigenvalue weighted by atomic mass is 10.1. The largest absolute Gasteiger partial charge is 0.560 e. The van der Waals surface area contributed by atoms with Crippen LogP contribution in [0, 0.1) is 0 Å². The molecule has 1 aliphatic rings. The van der Waals surface area contributed by atoms with E-state index in [-0.39, 0.29) is 0 Å². The number of anilines is 1. The second-order valence-corrected chi connectivity index (χ2v) is 7.13. The molecule has 0 atom stereocenters. The van der Waals surface area contributed by atoms with Gasteiger partial charge in [0.05, 0.1) is 11.9 Å². The van der Waals surface area contributed by atoms with E-state index < -0.39 is 11.7 Å². The molecule has 1 amide bonds. The van der Waals surface area contributed by atoms with Gasteiger partial charge in [-0.3, -0.25) is 5.32 Å². The molecule has 0 saturated carbocycles. The van der Waals surface area contributed by atoms with Gasteiger partial charge in [0, 0.05) is 11.3 Å². The van der Waals surface area contributed by atoms with Crippen LogP contribution in [0.15, 0.2) is 47.7 Å². The third-order valence-electron chi connectivity index (χ3n) is 3.97. The minimum Gasteiger partial charge on any atom is -0.560 e. The van der Waals surface area contributed by atoms with Crippen LogP contribution in [0.25, 0.3) is 16.7 Å². The van der Waals surface area contributed by atoms with Crippen molar-refractivity contribution in [2.45, 2.75) is 26.4 Å². The molecule has 0 radical (unpaired) electrons. The average molecular weight is 364 g/mol. The first kappa shape index (κ1) is 18.6. The Morgan fingerprint density at radius 2 is 1.78 bits per heavy atom. The van der Waals surface area contributed by atoms with Gasteiger partial charge in [-0.15, -0.1) is 0 Å². The number of carbonyl (C=O) groups excluding carboxylic acids is 1. The molecule has 0 spiro atoms. The van der Waals surface area contributed by atoms with Crippen molar-refractivity contribution in [3.63, 3.8) is 0 Å². The number of hydrogen-bond donors (Lipinski definition) is 2. The minimum atomic E-state index is -0.577. The number of ether oxygens (including phenoxy) is 1. The number of amides is 1. The van der Waals surface area contributed by atoms with Gasteiger partial charge in [0.25, 0.3) is 0 Å². The molecule has 2 aromatic rings. The van der Waals surface area contributed by atoms with Crippen molar-refractivity contribution in [3.8, 4) is 11.1 Å². The van der Waals surface area contributed by atoms with E-state index in [0.29, 0.717) is 11.3 Å². The third-order valence-corrected chi connectivity index (χ3v) is 3.97. The van der Waals surface area contributed by atoms with Gasteiger partial charge in [-0.2, -0.15) is 0 Å². The molecular weight excluding hydrogens is 343 g/mol. The molecule has 0 saturated heterocycles. The summed E-state index contributed by atoms with van der Waals surface area (Å²) in [4.78, 5) is 16.2. The van der Waals surface area contributed by atoms with Gasteiger partial charge in [0.2, 0.25) is 0 Å². The summed E-state index contributed by atoms with van der Waals surface area (Å²) in [6.07, 6.45) is 1.91. The van der Waals surface area contributed by atoms with Crippen molar-refractivity contribution in [1.29, 1.82) is 0 Å². The number of benzene rings is 2. The van der Waals surface area contributed by atoms with Crippen LogP contribution in [0.2, 0.25) is 0 Å². The Morgan fingerprint density at radius 1 is 1.11 bits per heavy atom. The predicted molar refractivity (Wildman–Crippen MR) is 109 cm³/mol. The number of aliphatic hydroxyl groups excluding tert-OH is 1. The molecule has 138 valence electrons. The number of hydrogen-bond acceptors (Lipinski definition) is 5. The summed E-state index contributed by atoms with van der Waals surface area (Å²) < 4.78 is 10.1. The molecule has 0 fully saturated rings. The van der Waals surface area contributed by atoms with Crippen LogP contribution in [0.1, 0.15) is 31.9 Å². The first-order valence-electron chi connectivity index (χ1n) is 8.51. The number of nitrogens with zero attached hydrogens (tertiary/aromatic N) is 1. The van der Waals surface area contributed by atoms with Gasteiger partial charge in [-0.1, -0.05) is 12.1 Å². The quantitative estimate of drug-likeness (QED) is 0.316. The Kier molecular flexibility index (Phi) is 4.94. The standard InChI is InChI=1S/C20H21BN2O4/c1-20(2,3)27-19(25)23-13-5-7-15-14-6-4-12(22-11-26-21)8-16(14)18(10-24)17(15)9-13/h4-11,24H,21H2,1-3H3,(H,23,25)/b18-10+,22-11?. The van der Waals surface area contributed by atoms with Crippen LogP contribution in [0.5, 0.6) is 0 Å². The van der Waals surface area contributed by atoms with E-state index in [1.54, 1.807) is 0 Å². The van der Waals surface area contributed by atoms with Crippen molar-refractivity contribution in [1.82, 2.24) is 0 Å². The smallest absolute Gasteiger partial charge is 0.412 e. The Labute approximate surface area is 159 Å². The van der Waals surface area contributed by atoms with E-state index in [9.17, 15) is 9.90 Å². The van der Waals surface area contributed by atoms with E-state index in [0.717, 1.165) is 34.2 Å². The van der Waals surface area contributed by atoms with E-state index in [4.69, 9.17) is 9.39 Å². The predicted octanol–water partition coefficient (Wildman–Crippen LogP) is 4.19. The molecule has 6 nitrogen and oxygen atoms in total. The van der Waals surface area contributed by atoms with Crippen molar-refractivity contribution in [2.75, 3.05) is 5.32 Å². The van der Waals surface area contributed by atoms with Crippen molar-refractivity contribution < 1.29 is 19.3 Å². The normalized spacial score (nSPS) is 14.1. The third kappa shape index (κ3) is 3.97. The summed E-state index contributed by atoms with van der Waals surface area (Å²) in [7, 11) is 1.53. The van der Waals surface area contributed by atoms with Gasteiger partial charge in [0.15, 0.2) is 6.40 Å². The molecule has 1 aliphatic carbocycles. The summed E-state index contributed by atoms with van der Waals surface area (Å²) in [6, 6.07) is 11.3. The zero-order valence-corrected chi connectivity index (χ0v) is 15.7. The number of aliphatic imine (C=N–C) groups is 1. The zero-order valence-electron chi connectivity index (χ0n) is 15.7. The van der Waals surface area contributed by atoms with Crippen molar-refractivity contribution in [3.05, 3.63) is 53.8 Å². The molecule has 0 aromatic heterocycles. The monoisotopic (exact) mass is 364 g/mol. The minimum absolute atomic E-state index is 0.524. The number of rotatable bonds is 3.